The first kappa shape index (κ1) is 11.4. The van der Waals surface area contributed by atoms with E-state index in [1.54, 1.807) is 0 Å². The van der Waals surface area contributed by atoms with E-state index in [1.807, 2.05) is 11.8 Å². The van der Waals surface area contributed by atoms with Crippen LogP contribution < -0.4 is 0 Å². The van der Waals surface area contributed by atoms with Crippen LogP contribution in [0.3, 0.4) is 0 Å². The molecule has 1 saturated carbocycles. The van der Waals surface area contributed by atoms with E-state index in [2.05, 4.69) is 13.8 Å². The first-order chi connectivity index (χ1) is 6.22. The quantitative estimate of drug-likeness (QED) is 0.756. The summed E-state index contributed by atoms with van der Waals surface area (Å²) in [6, 6.07) is 0. The molecule has 1 aliphatic carbocycles. The summed E-state index contributed by atoms with van der Waals surface area (Å²) in [5.74, 6) is 1.85. The van der Waals surface area contributed by atoms with Crippen molar-refractivity contribution < 1.29 is 5.11 Å². The minimum Gasteiger partial charge on any atom is -0.392 e. The number of thioether (sulfide) groups is 1. The highest BCUT2D eigenvalue weighted by Crippen LogP contribution is 2.32. The predicted octanol–water partition coefficient (Wildman–Crippen LogP) is 3.07. The third-order valence-corrected chi connectivity index (χ3v) is 4.36. The van der Waals surface area contributed by atoms with Crippen LogP contribution >= 0.6 is 11.8 Å². The van der Waals surface area contributed by atoms with Gasteiger partial charge in [0.25, 0.3) is 0 Å². The summed E-state index contributed by atoms with van der Waals surface area (Å²) in [4.78, 5) is 0. The normalized spacial score (nSPS) is 31.6. The number of aliphatic hydroxyl groups excluding tert-OH is 1. The first-order valence-corrected chi connectivity index (χ1v) is 6.57. The summed E-state index contributed by atoms with van der Waals surface area (Å²) >= 11 is 1.98. The Morgan fingerprint density at radius 2 is 2.23 bits per heavy atom. The summed E-state index contributed by atoms with van der Waals surface area (Å²) in [6.45, 7) is 4.40. The summed E-state index contributed by atoms with van der Waals surface area (Å²) in [6.07, 6.45) is 6.35. The van der Waals surface area contributed by atoms with E-state index in [0.717, 1.165) is 23.3 Å². The molecule has 0 aliphatic heterocycles. The number of hydrogen-bond acceptors (Lipinski definition) is 2. The summed E-state index contributed by atoms with van der Waals surface area (Å²) in [5, 5.41) is 10.3. The third-order valence-electron chi connectivity index (χ3n) is 2.88. The van der Waals surface area contributed by atoms with Crippen LogP contribution in [-0.2, 0) is 0 Å². The van der Waals surface area contributed by atoms with Crippen LogP contribution in [0, 0.1) is 5.92 Å². The minimum atomic E-state index is -0.0813. The van der Waals surface area contributed by atoms with Gasteiger partial charge in [0.1, 0.15) is 0 Å². The average Bonchev–Trinajstić information content (AvgIpc) is 2.14. The van der Waals surface area contributed by atoms with Gasteiger partial charge < -0.3 is 5.11 Å². The monoisotopic (exact) mass is 202 g/mol. The molecule has 0 aromatic heterocycles. The molecule has 13 heavy (non-hydrogen) atoms. The lowest BCUT2D eigenvalue weighted by molar-refractivity contribution is 0.195. The van der Waals surface area contributed by atoms with Crippen LogP contribution in [0.1, 0.15) is 46.0 Å². The van der Waals surface area contributed by atoms with Gasteiger partial charge in [-0.25, -0.2) is 0 Å². The maximum atomic E-state index is 9.43. The van der Waals surface area contributed by atoms with Crippen LogP contribution in [0.4, 0.5) is 0 Å². The molecule has 3 atom stereocenters. The van der Waals surface area contributed by atoms with E-state index < -0.39 is 0 Å². The van der Waals surface area contributed by atoms with Gasteiger partial charge >= 0.3 is 0 Å². The van der Waals surface area contributed by atoms with Gasteiger partial charge in [-0.15, -0.1) is 0 Å². The molecule has 2 heteroatoms. The van der Waals surface area contributed by atoms with Gasteiger partial charge in [-0.2, -0.15) is 11.8 Å². The summed E-state index contributed by atoms with van der Waals surface area (Å²) < 4.78 is 0. The SMILES string of the molecule is CCC(O)CSC1CCCC(C)C1. The Balaban J connectivity index is 2.13. The van der Waals surface area contributed by atoms with Crippen molar-refractivity contribution in [1.82, 2.24) is 0 Å². The molecule has 0 aromatic carbocycles. The molecule has 0 spiro atoms. The number of aliphatic hydroxyl groups is 1. The molecule has 0 bridgehead atoms. The lowest BCUT2D eigenvalue weighted by Gasteiger charge is -2.26. The fourth-order valence-electron chi connectivity index (χ4n) is 1.89. The molecule has 3 unspecified atom stereocenters. The summed E-state index contributed by atoms with van der Waals surface area (Å²) in [5.41, 5.74) is 0. The molecule has 1 N–H and O–H groups in total. The second kappa shape index (κ2) is 5.92. The van der Waals surface area contributed by atoms with Crippen LogP contribution in [0.15, 0.2) is 0 Å². The fraction of sp³-hybridized carbons (Fsp3) is 1.00. The second-order valence-electron chi connectivity index (χ2n) is 4.29. The van der Waals surface area contributed by atoms with Crippen molar-refractivity contribution in [2.45, 2.75) is 57.3 Å². The fourth-order valence-corrected chi connectivity index (χ4v) is 3.42. The van der Waals surface area contributed by atoms with Crippen molar-refractivity contribution >= 4 is 11.8 Å². The van der Waals surface area contributed by atoms with Gasteiger partial charge in [0.2, 0.25) is 0 Å². The Bertz CT molecular complexity index is 138. The predicted molar refractivity (Wildman–Crippen MR) is 60.2 cm³/mol. The van der Waals surface area contributed by atoms with E-state index >= 15 is 0 Å². The van der Waals surface area contributed by atoms with Crippen molar-refractivity contribution in [1.29, 1.82) is 0 Å². The largest absolute Gasteiger partial charge is 0.392 e. The molecule has 0 amide bonds. The van der Waals surface area contributed by atoms with Crippen molar-refractivity contribution in [3.8, 4) is 0 Å². The molecule has 1 fully saturated rings. The van der Waals surface area contributed by atoms with E-state index in [-0.39, 0.29) is 6.10 Å². The zero-order valence-corrected chi connectivity index (χ0v) is 9.65. The molecular formula is C11H22OS. The Labute approximate surface area is 86.3 Å². The lowest BCUT2D eigenvalue weighted by atomic mass is 9.91. The van der Waals surface area contributed by atoms with Crippen molar-refractivity contribution in [3.63, 3.8) is 0 Å². The maximum Gasteiger partial charge on any atom is 0.0628 e. The van der Waals surface area contributed by atoms with Gasteiger partial charge in [-0.05, 0) is 25.2 Å². The molecule has 0 saturated heterocycles. The highest BCUT2D eigenvalue weighted by atomic mass is 32.2. The Kier molecular flexibility index (Phi) is 5.18. The topological polar surface area (TPSA) is 20.2 Å². The van der Waals surface area contributed by atoms with Gasteiger partial charge in [-0.3, -0.25) is 0 Å². The van der Waals surface area contributed by atoms with E-state index in [0.29, 0.717) is 0 Å². The Hall–Kier alpha value is 0.310. The number of hydrogen-bond donors (Lipinski definition) is 1. The maximum absolute atomic E-state index is 9.43. The van der Waals surface area contributed by atoms with Crippen LogP contribution in [0.5, 0.6) is 0 Å². The van der Waals surface area contributed by atoms with E-state index in [1.165, 1.54) is 25.7 Å². The van der Waals surface area contributed by atoms with Crippen molar-refractivity contribution in [3.05, 3.63) is 0 Å². The molecule has 1 rings (SSSR count). The Morgan fingerprint density at radius 3 is 2.85 bits per heavy atom. The van der Waals surface area contributed by atoms with Gasteiger partial charge in [0.15, 0.2) is 0 Å². The van der Waals surface area contributed by atoms with Crippen molar-refractivity contribution in [2.24, 2.45) is 5.92 Å². The van der Waals surface area contributed by atoms with Crippen LogP contribution in [0.25, 0.3) is 0 Å². The highest BCUT2D eigenvalue weighted by molar-refractivity contribution is 7.99. The van der Waals surface area contributed by atoms with Crippen LogP contribution in [0.2, 0.25) is 0 Å². The van der Waals surface area contributed by atoms with Crippen LogP contribution in [-0.4, -0.2) is 22.2 Å². The molecule has 1 nitrogen and oxygen atoms in total. The summed E-state index contributed by atoms with van der Waals surface area (Å²) in [7, 11) is 0. The number of rotatable bonds is 4. The zero-order chi connectivity index (χ0) is 9.68. The average molecular weight is 202 g/mol. The smallest absolute Gasteiger partial charge is 0.0628 e. The molecular weight excluding hydrogens is 180 g/mol. The molecule has 78 valence electrons. The minimum absolute atomic E-state index is 0.0813. The second-order valence-corrected chi connectivity index (χ2v) is 5.62. The van der Waals surface area contributed by atoms with E-state index in [9.17, 15) is 5.11 Å². The zero-order valence-electron chi connectivity index (χ0n) is 8.83. The standard InChI is InChI=1S/C11H22OS/c1-3-10(12)8-13-11-6-4-5-9(2)7-11/h9-12H,3-8H2,1-2H3. The first-order valence-electron chi connectivity index (χ1n) is 5.52. The highest BCUT2D eigenvalue weighted by Gasteiger charge is 2.19. The molecule has 0 aromatic rings. The van der Waals surface area contributed by atoms with Gasteiger partial charge in [0.05, 0.1) is 6.10 Å². The van der Waals surface area contributed by atoms with Gasteiger partial charge in [-0.1, -0.05) is 26.7 Å². The molecule has 0 heterocycles. The Morgan fingerprint density at radius 1 is 1.46 bits per heavy atom. The van der Waals surface area contributed by atoms with Gasteiger partial charge in [0, 0.05) is 11.0 Å². The van der Waals surface area contributed by atoms with Crippen molar-refractivity contribution in [2.75, 3.05) is 5.75 Å². The molecule has 0 radical (unpaired) electrons. The van der Waals surface area contributed by atoms with E-state index in [4.69, 9.17) is 0 Å². The third kappa shape index (κ3) is 4.37. The lowest BCUT2D eigenvalue weighted by Crippen LogP contribution is -2.18. The molecule has 1 aliphatic rings.